The van der Waals surface area contributed by atoms with E-state index in [1.54, 1.807) is 19.4 Å². The quantitative estimate of drug-likeness (QED) is 0.249. The fourth-order valence-corrected chi connectivity index (χ4v) is 4.91. The van der Waals surface area contributed by atoms with Crippen LogP contribution >= 0.6 is 0 Å². The predicted octanol–water partition coefficient (Wildman–Crippen LogP) is 6.45. The van der Waals surface area contributed by atoms with Crippen LogP contribution in [0, 0.1) is 0 Å². The number of hydrazine groups is 1. The van der Waals surface area contributed by atoms with Gasteiger partial charge in [0, 0.05) is 42.7 Å². The largest absolute Gasteiger partial charge is 0.495 e. The maximum atomic E-state index is 13.1. The third-order valence-corrected chi connectivity index (χ3v) is 7.14. The third-order valence-electron chi connectivity index (χ3n) is 7.14. The van der Waals surface area contributed by atoms with Gasteiger partial charge in [0.15, 0.2) is 0 Å². The Hall–Kier alpha value is -4.41. The summed E-state index contributed by atoms with van der Waals surface area (Å²) in [6, 6.07) is 18.6. The second-order valence-electron chi connectivity index (χ2n) is 11.0. The Morgan fingerprint density at radius 3 is 2.40 bits per heavy atom. The van der Waals surface area contributed by atoms with E-state index in [4.69, 9.17) is 19.2 Å². The molecular weight excluding hydrogens is 532 g/mol. The van der Waals surface area contributed by atoms with E-state index in [1.807, 2.05) is 59.6 Å². The Morgan fingerprint density at radius 2 is 1.69 bits per heavy atom. The molecule has 0 bridgehead atoms. The van der Waals surface area contributed by atoms with Gasteiger partial charge in [-0.15, -0.1) is 0 Å². The summed E-state index contributed by atoms with van der Waals surface area (Å²) < 4.78 is 17.3. The number of urea groups is 1. The summed E-state index contributed by atoms with van der Waals surface area (Å²) in [5, 5.41) is 11.9. The molecule has 5 rings (SSSR count). The van der Waals surface area contributed by atoms with Crippen LogP contribution in [-0.2, 0) is 10.2 Å². The van der Waals surface area contributed by atoms with E-state index in [-0.39, 0.29) is 11.4 Å². The van der Waals surface area contributed by atoms with E-state index in [1.165, 1.54) is 0 Å². The number of anilines is 3. The molecule has 3 aromatic carbocycles. The van der Waals surface area contributed by atoms with Crippen LogP contribution < -0.4 is 25.1 Å². The lowest BCUT2D eigenvalue weighted by Gasteiger charge is -2.36. The third kappa shape index (κ3) is 6.56. The lowest BCUT2D eigenvalue weighted by molar-refractivity contribution is 0.0314. The molecule has 1 saturated heterocycles. The zero-order chi connectivity index (χ0) is 29.7. The number of ether oxygens (including phenoxy) is 3. The van der Waals surface area contributed by atoms with E-state index in [9.17, 15) is 4.79 Å². The standard InChI is InChI=1S/C32H38N6O4/c1-6-38(37-17-19-41-20-18-37)30-33-16-15-29(36-30)42-27-14-12-25(23-9-7-8-10-24(23)27)34-31(39)35-26-21-22(32(2,3)4)11-13-28(26)40-5/h7-16,21H,6,17-20H2,1-5H3,(H2,34,35,39). The van der Waals surface area contributed by atoms with Crippen molar-refractivity contribution in [3.05, 3.63) is 72.4 Å². The van der Waals surface area contributed by atoms with Gasteiger partial charge in [-0.1, -0.05) is 51.1 Å². The van der Waals surface area contributed by atoms with Crippen LogP contribution in [0.4, 0.5) is 22.1 Å². The molecule has 0 spiro atoms. The normalized spacial score (nSPS) is 13.9. The lowest BCUT2D eigenvalue weighted by Crippen LogP contribution is -2.49. The highest BCUT2D eigenvalue weighted by Crippen LogP contribution is 2.35. The molecule has 0 unspecified atom stereocenters. The molecule has 42 heavy (non-hydrogen) atoms. The number of methoxy groups -OCH3 is 1. The van der Waals surface area contributed by atoms with E-state index in [0.717, 1.165) is 36.0 Å². The topological polar surface area (TPSA) is 101 Å². The van der Waals surface area contributed by atoms with E-state index in [0.29, 0.717) is 47.9 Å². The van der Waals surface area contributed by atoms with Crippen LogP contribution in [0.3, 0.4) is 0 Å². The van der Waals surface area contributed by atoms with E-state index < -0.39 is 0 Å². The van der Waals surface area contributed by atoms with Crippen molar-refractivity contribution < 1.29 is 19.0 Å². The molecule has 10 nitrogen and oxygen atoms in total. The summed E-state index contributed by atoms with van der Waals surface area (Å²) in [6.45, 7) is 12.1. The SMILES string of the molecule is CCN(c1nccc(Oc2ccc(NC(=O)Nc3cc(C(C)(C)C)ccc3OC)c3ccccc23)n1)N1CCOCC1. The number of hydrogen-bond donors (Lipinski definition) is 2. The molecule has 1 aliphatic rings. The van der Waals surface area contributed by atoms with Crippen LogP contribution in [0.2, 0.25) is 0 Å². The highest BCUT2D eigenvalue weighted by molar-refractivity contribution is 6.08. The Bertz CT molecular complexity index is 1550. The Balaban J connectivity index is 1.36. The van der Waals surface area contributed by atoms with Crippen molar-refractivity contribution in [3.8, 4) is 17.4 Å². The molecular formula is C32H38N6O4. The summed E-state index contributed by atoms with van der Waals surface area (Å²) in [7, 11) is 1.59. The first kappa shape index (κ1) is 29.1. The first-order chi connectivity index (χ1) is 20.3. The molecule has 2 amide bonds. The number of amides is 2. The summed E-state index contributed by atoms with van der Waals surface area (Å²) in [4.78, 5) is 22.3. The maximum Gasteiger partial charge on any atom is 0.323 e. The van der Waals surface area contributed by atoms with Crippen LogP contribution in [-0.4, -0.2) is 61.0 Å². The van der Waals surface area contributed by atoms with Gasteiger partial charge in [0.1, 0.15) is 11.5 Å². The number of morpholine rings is 1. The number of nitrogens with one attached hydrogen (secondary N) is 2. The molecule has 10 heteroatoms. The number of carbonyl (C=O) groups excluding carboxylic acids is 1. The molecule has 220 valence electrons. The van der Waals surface area contributed by atoms with E-state index in [2.05, 4.69) is 48.3 Å². The first-order valence-electron chi connectivity index (χ1n) is 14.2. The number of benzene rings is 3. The van der Waals surface area contributed by atoms with Gasteiger partial charge in [0.2, 0.25) is 11.8 Å². The highest BCUT2D eigenvalue weighted by atomic mass is 16.5. The summed E-state index contributed by atoms with van der Waals surface area (Å²) >= 11 is 0. The van der Waals surface area contributed by atoms with Gasteiger partial charge < -0.3 is 24.8 Å². The molecule has 2 heterocycles. The first-order valence-corrected chi connectivity index (χ1v) is 14.2. The summed E-state index contributed by atoms with van der Waals surface area (Å²) in [6.07, 6.45) is 1.70. The monoisotopic (exact) mass is 570 g/mol. The van der Waals surface area contributed by atoms with Crippen molar-refractivity contribution in [2.45, 2.75) is 33.1 Å². The molecule has 1 aliphatic heterocycles. The predicted molar refractivity (Wildman–Crippen MR) is 166 cm³/mol. The second kappa shape index (κ2) is 12.6. The fraction of sp³-hybridized carbons (Fsp3) is 0.344. The van der Waals surface area contributed by atoms with Gasteiger partial charge in [-0.25, -0.2) is 14.8 Å². The van der Waals surface area contributed by atoms with Crippen LogP contribution in [0.15, 0.2) is 66.9 Å². The molecule has 1 fully saturated rings. The fourth-order valence-electron chi connectivity index (χ4n) is 4.91. The van der Waals surface area contributed by atoms with Gasteiger partial charge in [0.25, 0.3) is 0 Å². The van der Waals surface area contributed by atoms with Gasteiger partial charge in [-0.3, -0.25) is 5.01 Å². The summed E-state index contributed by atoms with van der Waals surface area (Å²) in [5.41, 5.74) is 2.26. The van der Waals surface area contributed by atoms with E-state index >= 15 is 0 Å². The van der Waals surface area contributed by atoms with Gasteiger partial charge >= 0.3 is 6.03 Å². The lowest BCUT2D eigenvalue weighted by atomic mass is 9.87. The van der Waals surface area contributed by atoms with Gasteiger partial charge in [-0.05, 0) is 42.2 Å². The minimum Gasteiger partial charge on any atom is -0.495 e. The summed E-state index contributed by atoms with van der Waals surface area (Å²) in [5.74, 6) is 2.21. The van der Waals surface area contributed by atoms with Crippen molar-refractivity contribution in [1.29, 1.82) is 0 Å². The van der Waals surface area contributed by atoms with Crippen LogP contribution in [0.5, 0.6) is 17.4 Å². The molecule has 0 radical (unpaired) electrons. The number of rotatable bonds is 8. The minimum absolute atomic E-state index is 0.0764. The minimum atomic E-state index is -0.374. The Kier molecular flexibility index (Phi) is 8.75. The van der Waals surface area contributed by atoms with Crippen molar-refractivity contribution in [3.63, 3.8) is 0 Å². The molecule has 4 aromatic rings. The Morgan fingerprint density at radius 1 is 0.976 bits per heavy atom. The molecule has 0 aliphatic carbocycles. The second-order valence-corrected chi connectivity index (χ2v) is 11.0. The van der Waals surface area contributed by atoms with Crippen molar-refractivity contribution in [1.82, 2.24) is 15.0 Å². The van der Waals surface area contributed by atoms with Crippen molar-refractivity contribution >= 4 is 34.1 Å². The molecule has 0 saturated carbocycles. The van der Waals surface area contributed by atoms with Crippen molar-refractivity contribution in [2.24, 2.45) is 0 Å². The zero-order valence-corrected chi connectivity index (χ0v) is 24.8. The number of carbonyl (C=O) groups is 1. The number of nitrogens with zero attached hydrogens (tertiary/aromatic N) is 4. The van der Waals surface area contributed by atoms with Crippen LogP contribution in [0.25, 0.3) is 10.8 Å². The van der Waals surface area contributed by atoms with Gasteiger partial charge in [0.05, 0.1) is 31.7 Å². The smallest absolute Gasteiger partial charge is 0.323 e. The number of aromatic nitrogens is 2. The van der Waals surface area contributed by atoms with Gasteiger partial charge in [-0.2, -0.15) is 4.98 Å². The molecule has 2 N–H and O–H groups in total. The molecule has 1 aromatic heterocycles. The van der Waals surface area contributed by atoms with Crippen LogP contribution in [0.1, 0.15) is 33.3 Å². The number of hydrogen-bond acceptors (Lipinski definition) is 8. The number of fused-ring (bicyclic) bond motifs is 1. The average molecular weight is 571 g/mol. The zero-order valence-electron chi connectivity index (χ0n) is 24.8. The van der Waals surface area contributed by atoms with Crippen molar-refractivity contribution in [2.75, 3.05) is 55.6 Å². The molecule has 0 atom stereocenters. The maximum absolute atomic E-state index is 13.1. The highest BCUT2D eigenvalue weighted by Gasteiger charge is 2.21. The average Bonchev–Trinajstić information content (AvgIpc) is 2.99. The Labute approximate surface area is 246 Å².